The summed E-state index contributed by atoms with van der Waals surface area (Å²) in [7, 11) is 0. The second-order valence-electron chi connectivity index (χ2n) is 3.66. The van der Waals surface area contributed by atoms with Crippen LogP contribution in [0.2, 0.25) is 0 Å². The van der Waals surface area contributed by atoms with E-state index in [0.29, 0.717) is 5.56 Å². The highest BCUT2D eigenvalue weighted by Gasteiger charge is 2.18. The molecule has 0 unspecified atom stereocenters. The molecule has 7 heteroatoms. The van der Waals surface area contributed by atoms with Gasteiger partial charge in [-0.25, -0.2) is 0 Å². The highest BCUT2D eigenvalue weighted by molar-refractivity contribution is 6.64. The number of non-ortho nitro benzene ring substituents is 1. The summed E-state index contributed by atoms with van der Waals surface area (Å²) in [6.07, 6.45) is -0.0876. The van der Waals surface area contributed by atoms with Crippen molar-refractivity contribution in [3.8, 4) is 0 Å². The Kier molecular flexibility index (Phi) is 5.25. The number of hydrogen-bond donors (Lipinski definition) is 0. The minimum atomic E-state index is -0.587. The number of halogens is 2. The first-order valence-electron chi connectivity index (χ1n) is 5.01. The Morgan fingerprint density at radius 1 is 1.11 bits per heavy atom. The number of rotatable bonds is 6. The minimum absolute atomic E-state index is 0.0438. The Morgan fingerprint density at radius 2 is 1.56 bits per heavy atom. The molecule has 0 saturated heterocycles. The van der Waals surface area contributed by atoms with Crippen LogP contribution >= 0.6 is 23.2 Å². The van der Waals surface area contributed by atoms with Crippen LogP contribution in [-0.4, -0.2) is 15.4 Å². The Labute approximate surface area is 113 Å². The molecular formula is C11H9Cl2NO4. The smallest absolute Gasteiger partial charge is 0.269 e. The van der Waals surface area contributed by atoms with Gasteiger partial charge in [0.05, 0.1) is 4.92 Å². The zero-order valence-corrected chi connectivity index (χ0v) is 10.6. The molecule has 1 rings (SSSR count). The van der Waals surface area contributed by atoms with Gasteiger partial charge >= 0.3 is 0 Å². The van der Waals surface area contributed by atoms with Crippen LogP contribution in [0.1, 0.15) is 24.3 Å². The predicted molar refractivity (Wildman–Crippen MR) is 66.8 cm³/mol. The van der Waals surface area contributed by atoms with E-state index in [9.17, 15) is 19.7 Å². The van der Waals surface area contributed by atoms with Crippen molar-refractivity contribution in [2.45, 2.75) is 18.8 Å². The van der Waals surface area contributed by atoms with Gasteiger partial charge in [-0.2, -0.15) is 0 Å². The second-order valence-corrected chi connectivity index (χ2v) is 4.51. The average molecular weight is 290 g/mol. The third-order valence-electron chi connectivity index (χ3n) is 2.39. The number of carbonyl (C=O) groups is 2. The summed E-state index contributed by atoms with van der Waals surface area (Å²) < 4.78 is 0. The van der Waals surface area contributed by atoms with E-state index in [-0.39, 0.29) is 18.5 Å². The first-order chi connectivity index (χ1) is 8.40. The van der Waals surface area contributed by atoms with Crippen LogP contribution in [0.5, 0.6) is 0 Å². The van der Waals surface area contributed by atoms with Gasteiger partial charge in [-0.05, 0) is 28.8 Å². The zero-order chi connectivity index (χ0) is 13.7. The fourth-order valence-electron chi connectivity index (χ4n) is 1.56. The van der Waals surface area contributed by atoms with Gasteiger partial charge in [-0.1, -0.05) is 12.1 Å². The largest absolute Gasteiger partial charge is 0.281 e. The van der Waals surface area contributed by atoms with Crippen molar-refractivity contribution < 1.29 is 14.5 Å². The minimum Gasteiger partial charge on any atom is -0.281 e. The summed E-state index contributed by atoms with van der Waals surface area (Å²) in [5, 5.41) is 9.32. The van der Waals surface area contributed by atoms with Crippen molar-refractivity contribution in [2.75, 3.05) is 0 Å². The van der Waals surface area contributed by atoms with E-state index in [2.05, 4.69) is 0 Å². The molecule has 1 aromatic carbocycles. The highest BCUT2D eigenvalue weighted by atomic mass is 35.5. The number of nitro benzene ring substituents is 1. The number of carbonyl (C=O) groups excluding carboxylic acids is 2. The van der Waals surface area contributed by atoms with Gasteiger partial charge in [-0.3, -0.25) is 19.7 Å². The Balaban J connectivity index is 2.93. The molecule has 0 heterocycles. The van der Waals surface area contributed by atoms with Crippen molar-refractivity contribution in [3.63, 3.8) is 0 Å². The van der Waals surface area contributed by atoms with Crippen molar-refractivity contribution in [3.05, 3.63) is 39.9 Å². The van der Waals surface area contributed by atoms with E-state index < -0.39 is 21.3 Å². The molecule has 96 valence electrons. The second kappa shape index (κ2) is 6.47. The van der Waals surface area contributed by atoms with E-state index in [1.807, 2.05) is 0 Å². The highest BCUT2D eigenvalue weighted by Crippen LogP contribution is 2.27. The molecule has 0 aromatic heterocycles. The molecule has 0 amide bonds. The van der Waals surface area contributed by atoms with Crippen molar-refractivity contribution in [1.29, 1.82) is 0 Å². The predicted octanol–water partition coefficient (Wildman–Crippen LogP) is 2.99. The molecule has 0 saturated carbocycles. The van der Waals surface area contributed by atoms with Crippen LogP contribution in [0.4, 0.5) is 5.69 Å². The van der Waals surface area contributed by atoms with Crippen LogP contribution in [0.15, 0.2) is 24.3 Å². The van der Waals surface area contributed by atoms with Gasteiger partial charge in [0.2, 0.25) is 10.5 Å². The molecule has 0 aliphatic rings. The number of nitro groups is 1. The molecule has 0 radical (unpaired) electrons. The van der Waals surface area contributed by atoms with E-state index in [1.165, 1.54) is 24.3 Å². The Bertz CT molecular complexity index is 456. The van der Waals surface area contributed by atoms with Gasteiger partial charge in [0.25, 0.3) is 5.69 Å². The summed E-state index contributed by atoms with van der Waals surface area (Å²) in [4.78, 5) is 31.7. The lowest BCUT2D eigenvalue weighted by molar-refractivity contribution is -0.384. The lowest BCUT2D eigenvalue weighted by atomic mass is 9.93. The maximum Gasteiger partial charge on any atom is 0.269 e. The number of hydrogen-bond acceptors (Lipinski definition) is 4. The van der Waals surface area contributed by atoms with E-state index in [1.54, 1.807) is 0 Å². The van der Waals surface area contributed by atoms with Crippen LogP contribution in [0, 0.1) is 10.1 Å². The SMILES string of the molecule is O=C(Cl)CC(CC(=O)Cl)c1ccc([N+](=O)[O-])cc1. The van der Waals surface area contributed by atoms with Gasteiger partial charge in [0.15, 0.2) is 0 Å². The van der Waals surface area contributed by atoms with Gasteiger partial charge in [0, 0.05) is 30.9 Å². The van der Waals surface area contributed by atoms with Crippen molar-refractivity contribution in [1.82, 2.24) is 0 Å². The zero-order valence-electron chi connectivity index (χ0n) is 9.14. The Morgan fingerprint density at radius 3 is 1.89 bits per heavy atom. The number of nitrogens with zero attached hydrogens (tertiary/aromatic N) is 1. The van der Waals surface area contributed by atoms with Crippen molar-refractivity contribution >= 4 is 39.4 Å². The molecule has 1 aromatic rings. The quantitative estimate of drug-likeness (QED) is 0.458. The van der Waals surface area contributed by atoms with Crippen LogP contribution in [-0.2, 0) is 9.59 Å². The molecule has 0 spiro atoms. The van der Waals surface area contributed by atoms with Gasteiger partial charge < -0.3 is 0 Å². The third-order valence-corrected chi connectivity index (χ3v) is 2.70. The van der Waals surface area contributed by atoms with Gasteiger partial charge in [0.1, 0.15) is 0 Å². The van der Waals surface area contributed by atoms with E-state index in [0.717, 1.165) is 0 Å². The first-order valence-corrected chi connectivity index (χ1v) is 5.76. The summed E-state index contributed by atoms with van der Waals surface area (Å²) in [5.74, 6) is -0.458. The molecule has 0 atom stereocenters. The molecule has 0 aliphatic heterocycles. The standard InChI is InChI=1S/C11H9Cl2NO4/c12-10(15)5-8(6-11(13)16)7-1-3-9(4-2-7)14(17)18/h1-4,8H,5-6H2. The Hall–Kier alpha value is -1.46. The third kappa shape index (κ3) is 4.43. The van der Waals surface area contributed by atoms with Crippen LogP contribution < -0.4 is 0 Å². The van der Waals surface area contributed by atoms with Crippen molar-refractivity contribution in [2.24, 2.45) is 0 Å². The number of benzene rings is 1. The lowest BCUT2D eigenvalue weighted by Crippen LogP contribution is -2.06. The molecule has 0 fully saturated rings. The van der Waals surface area contributed by atoms with E-state index >= 15 is 0 Å². The molecule has 18 heavy (non-hydrogen) atoms. The summed E-state index contributed by atoms with van der Waals surface area (Å²) in [6, 6.07) is 5.59. The van der Waals surface area contributed by atoms with Crippen LogP contribution in [0.25, 0.3) is 0 Å². The summed E-state index contributed by atoms with van der Waals surface area (Å²) in [6.45, 7) is 0. The molecule has 0 N–H and O–H groups in total. The molecular weight excluding hydrogens is 281 g/mol. The van der Waals surface area contributed by atoms with Crippen LogP contribution in [0.3, 0.4) is 0 Å². The monoisotopic (exact) mass is 289 g/mol. The summed E-state index contributed by atoms with van der Waals surface area (Å²) in [5.41, 5.74) is 0.551. The molecule has 5 nitrogen and oxygen atoms in total. The summed E-state index contributed by atoms with van der Waals surface area (Å²) >= 11 is 10.6. The fraction of sp³-hybridized carbons (Fsp3) is 0.273. The maximum absolute atomic E-state index is 10.9. The van der Waals surface area contributed by atoms with E-state index in [4.69, 9.17) is 23.2 Å². The lowest BCUT2D eigenvalue weighted by Gasteiger charge is -2.12. The topological polar surface area (TPSA) is 77.3 Å². The average Bonchev–Trinajstić information content (AvgIpc) is 2.27. The molecule has 0 aliphatic carbocycles. The first kappa shape index (κ1) is 14.6. The fourth-order valence-corrected chi connectivity index (χ4v) is 1.94. The normalized spacial score (nSPS) is 10.4. The molecule has 0 bridgehead atoms. The maximum atomic E-state index is 10.9. The van der Waals surface area contributed by atoms with Gasteiger partial charge in [-0.15, -0.1) is 0 Å².